The number of hydrogen-bond acceptors (Lipinski definition) is 3. The molecule has 1 saturated heterocycles. The molecule has 6 atom stereocenters. The number of fused-ring (bicyclic) bond motifs is 8. The number of aliphatic hydroxyl groups is 1. The van der Waals surface area contributed by atoms with E-state index in [1.165, 1.54) is 12.0 Å². The summed E-state index contributed by atoms with van der Waals surface area (Å²) in [6.07, 6.45) is 4.47. The summed E-state index contributed by atoms with van der Waals surface area (Å²) in [6, 6.07) is 0. The molecule has 0 spiro atoms. The van der Waals surface area contributed by atoms with Crippen LogP contribution < -0.4 is 0 Å². The number of ether oxygens (including phenoxy) is 2. The molecular formula is C13H18O3. The second-order valence-corrected chi connectivity index (χ2v) is 6.15. The first kappa shape index (κ1) is 9.63. The van der Waals surface area contributed by atoms with Gasteiger partial charge >= 0.3 is 0 Å². The summed E-state index contributed by atoms with van der Waals surface area (Å²) in [4.78, 5) is 0. The van der Waals surface area contributed by atoms with Gasteiger partial charge in [-0.3, -0.25) is 0 Å². The third-order valence-electron chi connectivity index (χ3n) is 4.76. The molecule has 1 heterocycles. The third-order valence-corrected chi connectivity index (χ3v) is 4.76. The predicted molar refractivity (Wildman–Crippen MR) is 57.6 cm³/mol. The van der Waals surface area contributed by atoms with E-state index in [4.69, 9.17) is 9.47 Å². The lowest BCUT2D eigenvalue weighted by Gasteiger charge is -2.28. The maximum absolute atomic E-state index is 9.71. The van der Waals surface area contributed by atoms with Crippen LogP contribution in [0.2, 0.25) is 0 Å². The fraction of sp³-hybridized carbons (Fsp3) is 0.846. The highest BCUT2D eigenvalue weighted by molar-refractivity contribution is 5.32. The molecule has 0 unspecified atom stereocenters. The standard InChI is InChI=1S/C13H18O3/c1-13(2)15-11-9-5-10(12(11)16-13)8-4-6(14)3-7(8)9/h3,6,8-12,14H,4-5H2,1-2H3/t6-,8+,9+,10-,11+,12-/m1/s1. The summed E-state index contributed by atoms with van der Waals surface area (Å²) in [5.41, 5.74) is 1.46. The molecule has 1 N–H and O–H groups in total. The van der Waals surface area contributed by atoms with Crippen LogP contribution in [0.3, 0.4) is 0 Å². The van der Waals surface area contributed by atoms with Crippen LogP contribution in [0.4, 0.5) is 0 Å². The van der Waals surface area contributed by atoms with E-state index in [1.807, 2.05) is 13.8 Å². The first-order chi connectivity index (χ1) is 7.55. The van der Waals surface area contributed by atoms with Gasteiger partial charge in [-0.05, 0) is 38.5 Å². The van der Waals surface area contributed by atoms with Gasteiger partial charge < -0.3 is 14.6 Å². The highest BCUT2D eigenvalue weighted by Crippen LogP contribution is 2.60. The molecule has 0 aromatic rings. The van der Waals surface area contributed by atoms with E-state index in [1.54, 1.807) is 0 Å². The summed E-state index contributed by atoms with van der Waals surface area (Å²) in [7, 11) is 0. The predicted octanol–water partition coefficient (Wildman–Crippen LogP) is 1.46. The van der Waals surface area contributed by atoms with Gasteiger partial charge in [0.1, 0.15) is 0 Å². The lowest BCUT2D eigenvalue weighted by molar-refractivity contribution is -0.157. The van der Waals surface area contributed by atoms with Gasteiger partial charge in [-0.25, -0.2) is 0 Å². The lowest BCUT2D eigenvalue weighted by atomic mass is 9.82. The molecular weight excluding hydrogens is 204 g/mol. The highest BCUT2D eigenvalue weighted by atomic mass is 16.8. The van der Waals surface area contributed by atoms with Crippen LogP contribution in [-0.2, 0) is 9.47 Å². The van der Waals surface area contributed by atoms with Crippen molar-refractivity contribution in [2.75, 3.05) is 0 Å². The van der Waals surface area contributed by atoms with Crippen LogP contribution in [0.1, 0.15) is 26.7 Å². The van der Waals surface area contributed by atoms with E-state index in [9.17, 15) is 5.11 Å². The summed E-state index contributed by atoms with van der Waals surface area (Å²) < 4.78 is 12.0. The number of aliphatic hydroxyl groups excluding tert-OH is 1. The Bertz CT molecular complexity index is 373. The molecule has 16 heavy (non-hydrogen) atoms. The average Bonchev–Trinajstić information content (AvgIpc) is 2.79. The van der Waals surface area contributed by atoms with E-state index in [-0.39, 0.29) is 18.3 Å². The van der Waals surface area contributed by atoms with E-state index < -0.39 is 5.79 Å². The minimum absolute atomic E-state index is 0.225. The molecule has 3 nitrogen and oxygen atoms in total. The fourth-order valence-electron chi connectivity index (χ4n) is 4.37. The Morgan fingerprint density at radius 1 is 1.19 bits per heavy atom. The van der Waals surface area contributed by atoms with E-state index in [0.717, 1.165) is 6.42 Å². The van der Waals surface area contributed by atoms with Crippen molar-refractivity contribution < 1.29 is 14.6 Å². The largest absolute Gasteiger partial charge is 0.389 e. The Morgan fingerprint density at radius 2 is 1.94 bits per heavy atom. The third kappa shape index (κ3) is 1.04. The summed E-state index contributed by atoms with van der Waals surface area (Å²) in [5.74, 6) is 1.25. The van der Waals surface area contributed by atoms with Gasteiger partial charge in [-0.2, -0.15) is 0 Å². The number of rotatable bonds is 0. The van der Waals surface area contributed by atoms with Crippen LogP contribution in [-0.4, -0.2) is 29.2 Å². The second-order valence-electron chi connectivity index (χ2n) is 6.15. The summed E-state index contributed by atoms with van der Waals surface area (Å²) in [6.45, 7) is 4.01. The van der Waals surface area contributed by atoms with Crippen LogP contribution in [0.5, 0.6) is 0 Å². The smallest absolute Gasteiger partial charge is 0.163 e. The minimum atomic E-state index is -0.413. The molecule has 2 saturated carbocycles. The zero-order chi connectivity index (χ0) is 11.1. The molecule has 1 aliphatic heterocycles. The maximum Gasteiger partial charge on any atom is 0.163 e. The number of hydrogen-bond donors (Lipinski definition) is 1. The Labute approximate surface area is 95.4 Å². The molecule has 88 valence electrons. The van der Waals surface area contributed by atoms with Gasteiger partial charge in [0.25, 0.3) is 0 Å². The molecule has 0 aromatic heterocycles. The van der Waals surface area contributed by atoms with E-state index in [2.05, 4.69) is 6.08 Å². The Morgan fingerprint density at radius 3 is 2.75 bits per heavy atom. The van der Waals surface area contributed by atoms with Gasteiger partial charge in [0.05, 0.1) is 18.3 Å². The maximum atomic E-state index is 9.71. The van der Waals surface area contributed by atoms with Crippen LogP contribution >= 0.6 is 0 Å². The van der Waals surface area contributed by atoms with Crippen molar-refractivity contribution in [3.05, 3.63) is 11.6 Å². The molecule has 2 bridgehead atoms. The van der Waals surface area contributed by atoms with Crippen molar-refractivity contribution in [3.63, 3.8) is 0 Å². The Balaban J connectivity index is 1.70. The van der Waals surface area contributed by atoms with Crippen molar-refractivity contribution in [2.45, 2.75) is 50.8 Å². The Kier molecular flexibility index (Phi) is 1.63. The van der Waals surface area contributed by atoms with Crippen molar-refractivity contribution in [2.24, 2.45) is 17.8 Å². The molecule has 0 amide bonds. The highest BCUT2D eigenvalue weighted by Gasteiger charge is 2.63. The van der Waals surface area contributed by atoms with E-state index in [0.29, 0.717) is 17.8 Å². The van der Waals surface area contributed by atoms with Crippen molar-refractivity contribution >= 4 is 0 Å². The first-order valence-electron chi connectivity index (χ1n) is 6.30. The van der Waals surface area contributed by atoms with Crippen molar-refractivity contribution in [1.82, 2.24) is 0 Å². The normalized spacial score (nSPS) is 56.3. The van der Waals surface area contributed by atoms with Gasteiger partial charge in [-0.15, -0.1) is 0 Å². The van der Waals surface area contributed by atoms with Crippen LogP contribution in [0.15, 0.2) is 11.6 Å². The lowest BCUT2D eigenvalue weighted by Crippen LogP contribution is -2.34. The average molecular weight is 222 g/mol. The molecule has 4 rings (SSSR count). The zero-order valence-corrected chi connectivity index (χ0v) is 9.72. The topological polar surface area (TPSA) is 38.7 Å². The Hall–Kier alpha value is -0.380. The van der Waals surface area contributed by atoms with Crippen molar-refractivity contribution in [3.8, 4) is 0 Å². The molecule has 0 radical (unpaired) electrons. The molecule has 0 aromatic carbocycles. The fourth-order valence-corrected chi connectivity index (χ4v) is 4.37. The van der Waals surface area contributed by atoms with Crippen LogP contribution in [0.25, 0.3) is 0 Å². The minimum Gasteiger partial charge on any atom is -0.389 e. The molecule has 4 aliphatic rings. The van der Waals surface area contributed by atoms with Crippen molar-refractivity contribution in [1.29, 1.82) is 0 Å². The summed E-state index contributed by atoms with van der Waals surface area (Å²) >= 11 is 0. The van der Waals surface area contributed by atoms with E-state index >= 15 is 0 Å². The monoisotopic (exact) mass is 222 g/mol. The first-order valence-corrected chi connectivity index (χ1v) is 6.30. The molecule has 3 fully saturated rings. The van der Waals surface area contributed by atoms with Gasteiger partial charge in [0, 0.05) is 5.92 Å². The van der Waals surface area contributed by atoms with Gasteiger partial charge in [0.2, 0.25) is 0 Å². The van der Waals surface area contributed by atoms with Crippen LogP contribution in [0, 0.1) is 17.8 Å². The second kappa shape index (κ2) is 2.71. The van der Waals surface area contributed by atoms with Gasteiger partial charge in [0.15, 0.2) is 5.79 Å². The molecule has 3 aliphatic carbocycles. The quantitative estimate of drug-likeness (QED) is 0.631. The zero-order valence-electron chi connectivity index (χ0n) is 9.72. The van der Waals surface area contributed by atoms with Gasteiger partial charge in [-0.1, -0.05) is 11.6 Å². The summed E-state index contributed by atoms with van der Waals surface area (Å²) in [5, 5.41) is 9.71. The molecule has 3 heteroatoms. The SMILES string of the molecule is CC1(C)O[C@@H]2[C@@H]3C[C@@H](C4=C[C@@H](O)C[C@@H]43)[C@@H]2O1.